The van der Waals surface area contributed by atoms with E-state index in [1.54, 1.807) is 0 Å². The van der Waals surface area contributed by atoms with Crippen LogP contribution in [0.1, 0.15) is 40.8 Å². The molecule has 1 saturated heterocycles. The van der Waals surface area contributed by atoms with E-state index in [4.69, 9.17) is 9.97 Å². The van der Waals surface area contributed by atoms with Gasteiger partial charge in [0, 0.05) is 55.3 Å². The number of piperazine rings is 1. The van der Waals surface area contributed by atoms with Crippen molar-refractivity contribution >= 4 is 11.7 Å². The number of nitrogens with zero attached hydrogens (tertiary/aromatic N) is 4. The maximum absolute atomic E-state index is 12.6. The molecule has 5 rings (SSSR count). The highest BCUT2D eigenvalue weighted by molar-refractivity contribution is 5.81. The average molecular weight is 441 g/mol. The summed E-state index contributed by atoms with van der Waals surface area (Å²) in [5.74, 6) is 2.40. The highest BCUT2D eigenvalue weighted by atomic mass is 16.2. The minimum absolute atomic E-state index is 0.280. The highest BCUT2D eigenvalue weighted by Gasteiger charge is 2.35. The van der Waals surface area contributed by atoms with Gasteiger partial charge in [0.1, 0.15) is 5.82 Å². The summed E-state index contributed by atoms with van der Waals surface area (Å²) in [6, 6.07) is 16.8. The lowest BCUT2D eigenvalue weighted by Gasteiger charge is -2.36. The molecule has 2 aromatic carbocycles. The summed E-state index contributed by atoms with van der Waals surface area (Å²) < 4.78 is 0. The van der Waals surface area contributed by atoms with Gasteiger partial charge in [0.25, 0.3) is 0 Å². The predicted molar refractivity (Wildman–Crippen MR) is 132 cm³/mol. The van der Waals surface area contributed by atoms with Gasteiger partial charge in [-0.05, 0) is 44.7 Å². The molecule has 1 aliphatic heterocycles. The fourth-order valence-electron chi connectivity index (χ4n) is 4.67. The number of hydrogen-bond donors (Lipinski definition) is 0. The Balaban J connectivity index is 1.50. The number of amides is 1. The number of aromatic nitrogens is 2. The zero-order valence-corrected chi connectivity index (χ0v) is 19.8. The molecule has 2 aliphatic rings. The normalized spacial score (nSPS) is 16.2. The van der Waals surface area contributed by atoms with Crippen LogP contribution < -0.4 is 4.90 Å². The minimum atomic E-state index is 0.280. The standard InChI is InChI=1S/C28H32N4O/c1-19-9-10-20(2)24(17-19)18-25-21(3)29-26(22-7-5-4-6-8-22)30-27(25)31-13-15-32(16-14-31)28(33)23-11-12-23/h4-10,17,23H,11-16,18H2,1-3H3. The topological polar surface area (TPSA) is 49.3 Å². The van der Waals surface area contributed by atoms with E-state index in [0.717, 1.165) is 68.3 Å². The third-order valence-corrected chi connectivity index (χ3v) is 6.91. The molecule has 1 saturated carbocycles. The van der Waals surface area contributed by atoms with Crippen LogP contribution in [0, 0.1) is 26.7 Å². The molecule has 5 nitrogen and oxygen atoms in total. The molecule has 2 fully saturated rings. The zero-order valence-electron chi connectivity index (χ0n) is 19.8. The Morgan fingerprint density at radius 1 is 0.939 bits per heavy atom. The summed E-state index contributed by atoms with van der Waals surface area (Å²) in [5.41, 5.74) is 7.11. The number of carbonyl (C=O) groups excluding carboxylic acids is 1. The number of hydrogen-bond acceptors (Lipinski definition) is 4. The first-order chi connectivity index (χ1) is 16.0. The molecular weight excluding hydrogens is 408 g/mol. The van der Waals surface area contributed by atoms with Gasteiger partial charge in [-0.1, -0.05) is 54.1 Å². The van der Waals surface area contributed by atoms with E-state index in [1.807, 2.05) is 23.1 Å². The number of anilines is 1. The van der Waals surface area contributed by atoms with Crippen LogP contribution >= 0.6 is 0 Å². The Morgan fingerprint density at radius 2 is 1.67 bits per heavy atom. The summed E-state index contributed by atoms with van der Waals surface area (Å²) in [7, 11) is 0. The Morgan fingerprint density at radius 3 is 2.36 bits per heavy atom. The summed E-state index contributed by atoms with van der Waals surface area (Å²) >= 11 is 0. The number of carbonyl (C=O) groups is 1. The van der Waals surface area contributed by atoms with Crippen molar-refractivity contribution in [3.05, 3.63) is 76.5 Å². The van der Waals surface area contributed by atoms with Gasteiger partial charge in [-0.25, -0.2) is 9.97 Å². The smallest absolute Gasteiger partial charge is 0.225 e. The average Bonchev–Trinajstić information content (AvgIpc) is 3.68. The van der Waals surface area contributed by atoms with Gasteiger partial charge >= 0.3 is 0 Å². The maximum Gasteiger partial charge on any atom is 0.225 e. The molecular formula is C28H32N4O. The van der Waals surface area contributed by atoms with Crippen molar-refractivity contribution in [2.75, 3.05) is 31.1 Å². The summed E-state index contributed by atoms with van der Waals surface area (Å²) in [6.07, 6.45) is 2.93. The van der Waals surface area contributed by atoms with Gasteiger partial charge in [0.2, 0.25) is 5.91 Å². The Labute approximate surface area is 196 Å². The van der Waals surface area contributed by atoms with Crippen LogP contribution in [0.15, 0.2) is 48.5 Å². The summed E-state index contributed by atoms with van der Waals surface area (Å²) in [6.45, 7) is 9.56. The van der Waals surface area contributed by atoms with Crippen molar-refractivity contribution in [1.82, 2.24) is 14.9 Å². The Bertz CT molecular complexity index is 1160. The van der Waals surface area contributed by atoms with Gasteiger partial charge in [0.05, 0.1) is 0 Å². The number of benzene rings is 2. The van der Waals surface area contributed by atoms with Crippen LogP contribution in [-0.4, -0.2) is 47.0 Å². The lowest BCUT2D eigenvalue weighted by atomic mass is 9.97. The summed E-state index contributed by atoms with van der Waals surface area (Å²) in [5, 5.41) is 0. The van der Waals surface area contributed by atoms with Crippen molar-refractivity contribution in [2.24, 2.45) is 5.92 Å². The number of rotatable bonds is 5. The van der Waals surface area contributed by atoms with E-state index in [2.05, 4.69) is 56.0 Å². The van der Waals surface area contributed by atoms with E-state index in [0.29, 0.717) is 5.91 Å². The van der Waals surface area contributed by atoms with Crippen LogP contribution in [-0.2, 0) is 11.2 Å². The largest absolute Gasteiger partial charge is 0.353 e. The second-order valence-corrected chi connectivity index (χ2v) is 9.49. The molecule has 0 bridgehead atoms. The monoisotopic (exact) mass is 440 g/mol. The number of aryl methyl sites for hydroxylation is 3. The Kier molecular flexibility index (Phi) is 5.88. The quantitative estimate of drug-likeness (QED) is 0.576. The van der Waals surface area contributed by atoms with Crippen LogP contribution in [0.25, 0.3) is 11.4 Å². The SMILES string of the molecule is Cc1ccc(C)c(Cc2c(C)nc(-c3ccccc3)nc2N2CCN(C(=O)C3CC3)CC2)c1. The van der Waals surface area contributed by atoms with Crippen molar-refractivity contribution in [3.8, 4) is 11.4 Å². The molecule has 0 atom stereocenters. The maximum atomic E-state index is 12.6. The first-order valence-corrected chi connectivity index (χ1v) is 12.0. The van der Waals surface area contributed by atoms with Crippen molar-refractivity contribution < 1.29 is 4.79 Å². The zero-order chi connectivity index (χ0) is 22.9. The van der Waals surface area contributed by atoms with E-state index in [-0.39, 0.29) is 5.92 Å². The molecule has 3 aromatic rings. The molecule has 0 radical (unpaired) electrons. The fraction of sp³-hybridized carbons (Fsp3) is 0.393. The van der Waals surface area contributed by atoms with Gasteiger partial charge in [-0.2, -0.15) is 0 Å². The molecule has 2 heterocycles. The minimum Gasteiger partial charge on any atom is -0.353 e. The van der Waals surface area contributed by atoms with Crippen LogP contribution in [0.5, 0.6) is 0 Å². The third-order valence-electron chi connectivity index (χ3n) is 6.91. The van der Waals surface area contributed by atoms with Crippen molar-refractivity contribution in [3.63, 3.8) is 0 Å². The van der Waals surface area contributed by atoms with Gasteiger partial charge in [-0.3, -0.25) is 4.79 Å². The van der Waals surface area contributed by atoms with Crippen LogP contribution in [0.2, 0.25) is 0 Å². The molecule has 170 valence electrons. The molecule has 0 unspecified atom stereocenters. The molecule has 33 heavy (non-hydrogen) atoms. The molecule has 1 amide bonds. The van der Waals surface area contributed by atoms with Crippen molar-refractivity contribution in [1.29, 1.82) is 0 Å². The molecule has 5 heteroatoms. The Hall–Kier alpha value is -3.21. The van der Waals surface area contributed by atoms with E-state index < -0.39 is 0 Å². The van der Waals surface area contributed by atoms with Crippen LogP contribution in [0.3, 0.4) is 0 Å². The lowest BCUT2D eigenvalue weighted by Crippen LogP contribution is -2.49. The second-order valence-electron chi connectivity index (χ2n) is 9.49. The van der Waals surface area contributed by atoms with E-state index >= 15 is 0 Å². The van der Waals surface area contributed by atoms with Gasteiger partial charge in [0.15, 0.2) is 5.82 Å². The fourth-order valence-corrected chi connectivity index (χ4v) is 4.67. The predicted octanol–water partition coefficient (Wildman–Crippen LogP) is 4.72. The van der Waals surface area contributed by atoms with Crippen LogP contribution in [0.4, 0.5) is 5.82 Å². The lowest BCUT2D eigenvalue weighted by molar-refractivity contribution is -0.132. The van der Waals surface area contributed by atoms with E-state index in [1.165, 1.54) is 22.3 Å². The third kappa shape index (κ3) is 4.63. The van der Waals surface area contributed by atoms with Gasteiger partial charge in [-0.15, -0.1) is 0 Å². The van der Waals surface area contributed by atoms with Gasteiger partial charge < -0.3 is 9.80 Å². The molecule has 0 N–H and O–H groups in total. The molecule has 1 aromatic heterocycles. The summed E-state index contributed by atoms with van der Waals surface area (Å²) in [4.78, 5) is 27.0. The second kappa shape index (κ2) is 8.97. The van der Waals surface area contributed by atoms with Crippen molar-refractivity contribution in [2.45, 2.75) is 40.0 Å². The first-order valence-electron chi connectivity index (χ1n) is 12.0. The molecule has 0 spiro atoms. The highest BCUT2D eigenvalue weighted by Crippen LogP contribution is 2.33. The van der Waals surface area contributed by atoms with E-state index in [9.17, 15) is 4.79 Å². The molecule has 1 aliphatic carbocycles. The first kappa shape index (κ1) is 21.6.